The van der Waals surface area contributed by atoms with Crippen molar-refractivity contribution < 1.29 is 28.5 Å². The van der Waals surface area contributed by atoms with Crippen LogP contribution in [0.1, 0.15) is 22.3 Å². The molecule has 0 saturated heterocycles. The van der Waals surface area contributed by atoms with E-state index in [2.05, 4.69) is 0 Å². The van der Waals surface area contributed by atoms with Gasteiger partial charge in [0.2, 0.25) is 0 Å². The number of nitrogens with two attached hydrogens (primary N) is 2. The molecule has 8 nitrogen and oxygen atoms in total. The largest absolute Gasteiger partial charge is 0.489 e. The Balaban J connectivity index is 1.10. The van der Waals surface area contributed by atoms with Crippen LogP contribution in [-0.2, 0) is 45.1 Å². The lowest BCUT2D eigenvalue weighted by molar-refractivity contribution is -0.153. The van der Waals surface area contributed by atoms with Crippen molar-refractivity contribution in [2.24, 2.45) is 11.5 Å². The molecular formula is C34H36N2O6. The summed E-state index contributed by atoms with van der Waals surface area (Å²) in [6.07, 6.45) is 0.608. The topological polar surface area (TPSA) is 123 Å². The number of ether oxygens (including phenoxy) is 4. The molecule has 0 radical (unpaired) electrons. The van der Waals surface area contributed by atoms with E-state index in [4.69, 9.17) is 30.4 Å². The van der Waals surface area contributed by atoms with Crippen LogP contribution in [0.25, 0.3) is 0 Å². The molecule has 218 valence electrons. The van der Waals surface area contributed by atoms with Crippen molar-refractivity contribution in [2.75, 3.05) is 13.2 Å². The molecule has 4 N–H and O–H groups in total. The highest BCUT2D eigenvalue weighted by Crippen LogP contribution is 2.17. The quantitative estimate of drug-likeness (QED) is 0.160. The molecule has 0 heterocycles. The van der Waals surface area contributed by atoms with Crippen molar-refractivity contribution >= 4 is 11.9 Å². The Morgan fingerprint density at radius 1 is 0.500 bits per heavy atom. The van der Waals surface area contributed by atoms with Crippen LogP contribution in [0.15, 0.2) is 109 Å². The molecule has 0 fully saturated rings. The lowest BCUT2D eigenvalue weighted by Gasteiger charge is -2.14. The molecule has 2 atom stereocenters. The van der Waals surface area contributed by atoms with Crippen molar-refractivity contribution in [1.82, 2.24) is 0 Å². The number of esters is 2. The summed E-state index contributed by atoms with van der Waals surface area (Å²) >= 11 is 0. The summed E-state index contributed by atoms with van der Waals surface area (Å²) in [5, 5.41) is 0. The molecule has 0 aromatic heterocycles. The predicted molar refractivity (Wildman–Crippen MR) is 160 cm³/mol. The van der Waals surface area contributed by atoms with Gasteiger partial charge in [-0.3, -0.25) is 9.59 Å². The molecule has 2 unspecified atom stereocenters. The Morgan fingerprint density at radius 3 is 1.21 bits per heavy atom. The van der Waals surface area contributed by atoms with E-state index < -0.39 is 24.0 Å². The second-order valence-corrected chi connectivity index (χ2v) is 9.79. The summed E-state index contributed by atoms with van der Waals surface area (Å²) in [5.74, 6) is 0.302. The fourth-order valence-electron chi connectivity index (χ4n) is 4.10. The van der Waals surface area contributed by atoms with Crippen LogP contribution in [0.4, 0.5) is 0 Å². The van der Waals surface area contributed by atoms with Crippen LogP contribution in [0.5, 0.6) is 11.5 Å². The summed E-state index contributed by atoms with van der Waals surface area (Å²) in [4.78, 5) is 24.6. The van der Waals surface area contributed by atoms with E-state index in [9.17, 15) is 9.59 Å². The van der Waals surface area contributed by atoms with E-state index in [0.29, 0.717) is 26.1 Å². The molecule has 4 aromatic carbocycles. The summed E-state index contributed by atoms with van der Waals surface area (Å²) in [6, 6.07) is 32.9. The maximum absolute atomic E-state index is 12.3. The summed E-state index contributed by atoms with van der Waals surface area (Å²) < 4.78 is 21.9. The van der Waals surface area contributed by atoms with Crippen LogP contribution in [0.3, 0.4) is 0 Å². The normalized spacial score (nSPS) is 12.1. The smallest absolute Gasteiger partial charge is 0.323 e. The minimum atomic E-state index is -0.848. The van der Waals surface area contributed by atoms with E-state index in [1.807, 2.05) is 109 Å². The van der Waals surface area contributed by atoms with Gasteiger partial charge in [0, 0.05) is 0 Å². The monoisotopic (exact) mass is 568 g/mol. The maximum Gasteiger partial charge on any atom is 0.323 e. The van der Waals surface area contributed by atoms with Crippen molar-refractivity contribution in [3.8, 4) is 11.5 Å². The van der Waals surface area contributed by atoms with Gasteiger partial charge in [-0.25, -0.2) is 0 Å². The zero-order chi connectivity index (χ0) is 29.6. The lowest BCUT2D eigenvalue weighted by Crippen LogP contribution is -2.36. The van der Waals surface area contributed by atoms with Gasteiger partial charge in [0.25, 0.3) is 0 Å². The third kappa shape index (κ3) is 10.1. The first-order valence-electron chi connectivity index (χ1n) is 13.8. The van der Waals surface area contributed by atoms with Crippen molar-refractivity contribution in [2.45, 2.75) is 38.1 Å². The molecule has 4 aromatic rings. The summed E-state index contributed by atoms with van der Waals surface area (Å²) in [5.41, 5.74) is 15.9. The van der Waals surface area contributed by atoms with Gasteiger partial charge in [-0.2, -0.15) is 0 Å². The van der Waals surface area contributed by atoms with Crippen LogP contribution >= 0.6 is 0 Å². The predicted octanol–water partition coefficient (Wildman–Crippen LogP) is 4.37. The number of carbonyl (C=O) groups excluding carboxylic acids is 2. The van der Waals surface area contributed by atoms with Crippen LogP contribution in [0.2, 0.25) is 0 Å². The van der Waals surface area contributed by atoms with E-state index in [1.165, 1.54) is 0 Å². The molecule has 0 aliphatic carbocycles. The third-order valence-corrected chi connectivity index (χ3v) is 6.43. The number of hydrogen-bond donors (Lipinski definition) is 2. The van der Waals surface area contributed by atoms with Crippen LogP contribution in [-0.4, -0.2) is 37.2 Å². The fraction of sp³-hybridized carbons (Fsp3) is 0.235. The highest BCUT2D eigenvalue weighted by Gasteiger charge is 2.18. The second-order valence-electron chi connectivity index (χ2n) is 9.79. The Labute approximate surface area is 246 Å². The minimum absolute atomic E-state index is 0.106. The van der Waals surface area contributed by atoms with Gasteiger partial charge >= 0.3 is 11.9 Å². The molecule has 0 spiro atoms. The zero-order valence-electron chi connectivity index (χ0n) is 23.4. The van der Waals surface area contributed by atoms with Crippen LogP contribution in [0, 0.1) is 0 Å². The summed E-state index contributed by atoms with van der Waals surface area (Å²) in [6.45, 7) is 0.731. The van der Waals surface area contributed by atoms with Gasteiger partial charge in [0.15, 0.2) is 0 Å². The van der Waals surface area contributed by atoms with Gasteiger partial charge in [-0.05, 0) is 59.4 Å². The van der Waals surface area contributed by atoms with E-state index in [0.717, 1.165) is 33.8 Å². The molecule has 42 heavy (non-hydrogen) atoms. The van der Waals surface area contributed by atoms with Crippen molar-refractivity contribution in [3.63, 3.8) is 0 Å². The molecule has 0 bridgehead atoms. The number of hydrogen-bond acceptors (Lipinski definition) is 8. The van der Waals surface area contributed by atoms with Gasteiger partial charge < -0.3 is 30.4 Å². The van der Waals surface area contributed by atoms with Gasteiger partial charge in [-0.15, -0.1) is 0 Å². The molecule has 8 heteroatoms. The van der Waals surface area contributed by atoms with E-state index >= 15 is 0 Å². The molecule has 0 amide bonds. The molecule has 4 rings (SSSR count). The third-order valence-electron chi connectivity index (χ3n) is 6.43. The zero-order valence-corrected chi connectivity index (χ0v) is 23.4. The second kappa shape index (κ2) is 16.0. The number of benzene rings is 4. The molecule has 0 aliphatic rings. The average molecular weight is 569 g/mol. The first-order chi connectivity index (χ1) is 20.5. The molecule has 0 saturated carbocycles. The van der Waals surface area contributed by atoms with Crippen molar-refractivity contribution in [3.05, 3.63) is 131 Å². The van der Waals surface area contributed by atoms with Gasteiger partial charge in [0.1, 0.15) is 50.0 Å². The molecule has 0 aliphatic heterocycles. The number of rotatable bonds is 15. The Hall–Kier alpha value is -4.66. The number of carbonyl (C=O) groups is 2. The minimum Gasteiger partial charge on any atom is -0.489 e. The van der Waals surface area contributed by atoms with Crippen molar-refractivity contribution in [1.29, 1.82) is 0 Å². The van der Waals surface area contributed by atoms with E-state index in [-0.39, 0.29) is 13.2 Å². The summed E-state index contributed by atoms with van der Waals surface area (Å²) in [7, 11) is 0. The Kier molecular flexibility index (Phi) is 11.5. The standard InChI is InChI=1S/C34H36N2O6/c35-31(21-25-11-15-29(16-12-25)41-23-27-7-3-1-4-8-27)33(37)39-19-20-40-34(38)32(36)22-26-13-17-30(18-14-26)42-24-28-9-5-2-6-10-28/h1-18,31-32H,19-24,35-36H2. The van der Waals surface area contributed by atoms with Crippen LogP contribution < -0.4 is 20.9 Å². The first kappa shape index (κ1) is 30.3. The highest BCUT2D eigenvalue weighted by atomic mass is 16.6. The Bertz CT molecular complexity index is 1270. The fourth-order valence-corrected chi connectivity index (χ4v) is 4.10. The Morgan fingerprint density at radius 2 is 0.857 bits per heavy atom. The van der Waals surface area contributed by atoms with Gasteiger partial charge in [-0.1, -0.05) is 84.9 Å². The lowest BCUT2D eigenvalue weighted by atomic mass is 10.1. The van der Waals surface area contributed by atoms with Gasteiger partial charge in [0.05, 0.1) is 0 Å². The first-order valence-corrected chi connectivity index (χ1v) is 13.8. The maximum atomic E-state index is 12.3. The van der Waals surface area contributed by atoms with E-state index in [1.54, 1.807) is 0 Å². The molecular weight excluding hydrogens is 532 g/mol. The SMILES string of the molecule is NC(Cc1ccc(OCc2ccccc2)cc1)C(=O)OCCOC(=O)C(N)Cc1ccc(OCc2ccccc2)cc1. The highest BCUT2D eigenvalue weighted by molar-refractivity contribution is 5.76. The average Bonchev–Trinajstić information content (AvgIpc) is 3.03.